The maximum atomic E-state index is 11.7. The van der Waals surface area contributed by atoms with Gasteiger partial charge in [0.2, 0.25) is 0 Å². The van der Waals surface area contributed by atoms with Crippen LogP contribution in [0.5, 0.6) is 5.75 Å². The molecule has 0 aliphatic heterocycles. The van der Waals surface area contributed by atoms with Gasteiger partial charge in [0.1, 0.15) is 12.0 Å². The SMILES string of the molecule is O=CCCCCCCCNC(=O)c1ccccc1O. The van der Waals surface area contributed by atoms with Crippen molar-refractivity contribution in [3.8, 4) is 5.75 Å². The lowest BCUT2D eigenvalue weighted by Crippen LogP contribution is -2.24. The molecule has 0 unspecified atom stereocenters. The molecule has 4 heteroatoms. The van der Waals surface area contributed by atoms with E-state index in [0.29, 0.717) is 18.5 Å². The normalized spacial score (nSPS) is 10.1. The Labute approximate surface area is 113 Å². The Bertz CT molecular complexity index is 404. The molecule has 0 heterocycles. The number of unbranched alkanes of at least 4 members (excludes halogenated alkanes) is 5. The summed E-state index contributed by atoms with van der Waals surface area (Å²) in [5.41, 5.74) is 0.313. The van der Waals surface area contributed by atoms with Gasteiger partial charge in [-0.05, 0) is 25.0 Å². The zero-order chi connectivity index (χ0) is 13.9. The van der Waals surface area contributed by atoms with Crippen molar-refractivity contribution in [2.45, 2.75) is 38.5 Å². The Morgan fingerprint density at radius 1 is 1.11 bits per heavy atom. The Kier molecular flexibility index (Phi) is 7.32. The molecule has 0 aromatic heterocycles. The monoisotopic (exact) mass is 263 g/mol. The highest BCUT2D eigenvalue weighted by Crippen LogP contribution is 2.15. The van der Waals surface area contributed by atoms with Crippen LogP contribution in [0.3, 0.4) is 0 Å². The molecule has 4 nitrogen and oxygen atoms in total. The molecule has 1 rings (SSSR count). The average Bonchev–Trinajstić information content (AvgIpc) is 2.42. The van der Waals surface area contributed by atoms with Gasteiger partial charge in [0.05, 0.1) is 5.56 Å². The lowest BCUT2D eigenvalue weighted by molar-refractivity contribution is -0.107. The molecule has 19 heavy (non-hydrogen) atoms. The molecule has 0 radical (unpaired) electrons. The second-order valence-electron chi connectivity index (χ2n) is 4.50. The average molecular weight is 263 g/mol. The quantitative estimate of drug-likeness (QED) is 0.531. The van der Waals surface area contributed by atoms with Crippen molar-refractivity contribution in [1.82, 2.24) is 5.32 Å². The van der Waals surface area contributed by atoms with E-state index in [-0.39, 0.29) is 11.7 Å². The van der Waals surface area contributed by atoms with Gasteiger partial charge in [-0.25, -0.2) is 0 Å². The van der Waals surface area contributed by atoms with E-state index in [1.165, 1.54) is 6.07 Å². The van der Waals surface area contributed by atoms with Crippen molar-refractivity contribution in [2.75, 3.05) is 6.54 Å². The van der Waals surface area contributed by atoms with Crippen LogP contribution in [0.15, 0.2) is 24.3 Å². The van der Waals surface area contributed by atoms with Crippen molar-refractivity contribution in [3.05, 3.63) is 29.8 Å². The summed E-state index contributed by atoms with van der Waals surface area (Å²) in [6.45, 7) is 0.612. The van der Waals surface area contributed by atoms with Crippen molar-refractivity contribution >= 4 is 12.2 Å². The smallest absolute Gasteiger partial charge is 0.255 e. The second-order valence-corrected chi connectivity index (χ2v) is 4.50. The molecule has 0 saturated carbocycles. The van der Waals surface area contributed by atoms with Crippen LogP contribution in [-0.4, -0.2) is 23.8 Å². The van der Waals surface area contributed by atoms with Crippen LogP contribution < -0.4 is 5.32 Å². The fourth-order valence-electron chi connectivity index (χ4n) is 1.85. The number of hydrogen-bond donors (Lipinski definition) is 2. The maximum Gasteiger partial charge on any atom is 0.255 e. The Morgan fingerprint density at radius 2 is 1.79 bits per heavy atom. The largest absolute Gasteiger partial charge is 0.507 e. The first-order chi connectivity index (χ1) is 9.25. The van der Waals surface area contributed by atoms with Crippen LogP contribution in [-0.2, 0) is 4.79 Å². The minimum atomic E-state index is -0.237. The number of phenolic OH excluding ortho intramolecular Hbond substituents is 1. The molecule has 0 saturated heterocycles. The summed E-state index contributed by atoms with van der Waals surface area (Å²) in [5, 5.41) is 12.3. The summed E-state index contributed by atoms with van der Waals surface area (Å²) in [7, 11) is 0. The second kappa shape index (κ2) is 9.14. The van der Waals surface area contributed by atoms with Gasteiger partial charge in [-0.2, -0.15) is 0 Å². The molecule has 1 amide bonds. The van der Waals surface area contributed by atoms with Crippen LogP contribution >= 0.6 is 0 Å². The zero-order valence-corrected chi connectivity index (χ0v) is 11.1. The molecule has 0 aliphatic carbocycles. The fraction of sp³-hybridized carbons (Fsp3) is 0.467. The van der Waals surface area contributed by atoms with Gasteiger partial charge in [0, 0.05) is 13.0 Å². The molecule has 0 aliphatic rings. The number of benzene rings is 1. The first kappa shape index (κ1) is 15.2. The maximum absolute atomic E-state index is 11.7. The first-order valence-corrected chi connectivity index (χ1v) is 6.75. The van der Waals surface area contributed by atoms with Crippen LogP contribution in [0.25, 0.3) is 0 Å². The molecule has 0 bridgehead atoms. The van der Waals surface area contributed by atoms with Gasteiger partial charge in [-0.1, -0.05) is 31.4 Å². The van der Waals surface area contributed by atoms with E-state index in [2.05, 4.69) is 5.32 Å². The minimum absolute atomic E-state index is 0.00821. The topological polar surface area (TPSA) is 66.4 Å². The Balaban J connectivity index is 2.11. The summed E-state index contributed by atoms with van der Waals surface area (Å²) in [6, 6.07) is 6.51. The summed E-state index contributed by atoms with van der Waals surface area (Å²) in [5.74, 6) is -0.229. The van der Waals surface area contributed by atoms with Crippen molar-refractivity contribution in [2.24, 2.45) is 0 Å². The van der Waals surface area contributed by atoms with E-state index in [4.69, 9.17) is 0 Å². The number of aromatic hydroxyl groups is 1. The Hall–Kier alpha value is -1.84. The predicted molar refractivity (Wildman–Crippen MR) is 74.2 cm³/mol. The summed E-state index contributed by atoms with van der Waals surface area (Å²) in [6.07, 6.45) is 6.65. The van der Waals surface area contributed by atoms with E-state index in [0.717, 1.165) is 38.4 Å². The zero-order valence-electron chi connectivity index (χ0n) is 11.1. The molecule has 1 aromatic rings. The number of nitrogens with one attached hydrogen (secondary N) is 1. The molecular weight excluding hydrogens is 242 g/mol. The minimum Gasteiger partial charge on any atom is -0.507 e. The van der Waals surface area contributed by atoms with E-state index in [9.17, 15) is 14.7 Å². The number of aldehydes is 1. The number of carbonyl (C=O) groups is 2. The summed E-state index contributed by atoms with van der Waals surface area (Å²) >= 11 is 0. The van der Waals surface area contributed by atoms with Crippen molar-refractivity contribution in [1.29, 1.82) is 0 Å². The van der Waals surface area contributed by atoms with E-state index < -0.39 is 0 Å². The predicted octanol–water partition coefficient (Wildman–Crippen LogP) is 2.66. The van der Waals surface area contributed by atoms with E-state index >= 15 is 0 Å². The molecule has 0 fully saturated rings. The van der Waals surface area contributed by atoms with E-state index in [1.807, 2.05) is 0 Å². The lowest BCUT2D eigenvalue weighted by Gasteiger charge is -2.06. The van der Waals surface area contributed by atoms with Crippen LogP contribution in [0.2, 0.25) is 0 Å². The van der Waals surface area contributed by atoms with Gasteiger partial charge >= 0.3 is 0 Å². The highest BCUT2D eigenvalue weighted by molar-refractivity contribution is 5.96. The Morgan fingerprint density at radius 3 is 2.53 bits per heavy atom. The number of hydrogen-bond acceptors (Lipinski definition) is 3. The molecular formula is C15H21NO3. The highest BCUT2D eigenvalue weighted by atomic mass is 16.3. The number of phenols is 1. The number of para-hydroxylation sites is 1. The third-order valence-corrected chi connectivity index (χ3v) is 2.93. The molecule has 2 N–H and O–H groups in total. The van der Waals surface area contributed by atoms with Crippen molar-refractivity contribution in [3.63, 3.8) is 0 Å². The summed E-state index contributed by atoms with van der Waals surface area (Å²) in [4.78, 5) is 21.8. The number of rotatable bonds is 9. The summed E-state index contributed by atoms with van der Waals surface area (Å²) < 4.78 is 0. The number of carbonyl (C=O) groups excluding carboxylic acids is 2. The van der Waals surface area contributed by atoms with Gasteiger partial charge in [0.25, 0.3) is 5.91 Å². The highest BCUT2D eigenvalue weighted by Gasteiger charge is 2.08. The van der Waals surface area contributed by atoms with E-state index in [1.54, 1.807) is 18.2 Å². The van der Waals surface area contributed by atoms with Gasteiger partial charge in [-0.15, -0.1) is 0 Å². The molecule has 104 valence electrons. The third kappa shape index (κ3) is 6.04. The first-order valence-electron chi connectivity index (χ1n) is 6.75. The van der Waals surface area contributed by atoms with Gasteiger partial charge < -0.3 is 15.2 Å². The molecule has 0 atom stereocenters. The third-order valence-electron chi connectivity index (χ3n) is 2.93. The van der Waals surface area contributed by atoms with Crippen LogP contribution in [0.4, 0.5) is 0 Å². The van der Waals surface area contributed by atoms with Crippen LogP contribution in [0.1, 0.15) is 48.9 Å². The van der Waals surface area contributed by atoms with Gasteiger partial charge in [-0.3, -0.25) is 4.79 Å². The fourth-order valence-corrected chi connectivity index (χ4v) is 1.85. The number of amides is 1. The molecule has 0 spiro atoms. The standard InChI is InChI=1S/C15H21NO3/c17-12-8-4-2-1-3-7-11-16-15(19)13-9-5-6-10-14(13)18/h5-6,9-10,12,18H,1-4,7-8,11H2,(H,16,19). The molecule has 1 aromatic carbocycles. The van der Waals surface area contributed by atoms with Crippen LogP contribution in [0, 0.1) is 0 Å². The van der Waals surface area contributed by atoms with Gasteiger partial charge in [0.15, 0.2) is 0 Å². The lowest BCUT2D eigenvalue weighted by atomic mass is 10.1. The van der Waals surface area contributed by atoms with Crippen molar-refractivity contribution < 1.29 is 14.7 Å².